The molecule has 1 N–H and O–H groups in total. The molecule has 0 aliphatic heterocycles. The van der Waals surface area contributed by atoms with Gasteiger partial charge in [-0.05, 0) is 92.1 Å². The number of amides is 1. The lowest BCUT2D eigenvalue weighted by Gasteiger charge is -2.19. The maximum atomic E-state index is 13.1. The van der Waals surface area contributed by atoms with Crippen LogP contribution in [0.3, 0.4) is 0 Å². The molecule has 1 heterocycles. The zero-order chi connectivity index (χ0) is 29.0. The lowest BCUT2D eigenvalue weighted by Crippen LogP contribution is -2.26. The summed E-state index contributed by atoms with van der Waals surface area (Å²) in [5.74, 6) is -0.426. The molecule has 0 saturated heterocycles. The van der Waals surface area contributed by atoms with Crippen molar-refractivity contribution in [2.75, 3.05) is 12.4 Å². The number of nitrogens with zero attached hydrogens (tertiary/aromatic N) is 3. The number of rotatable bonds is 7. The van der Waals surface area contributed by atoms with Gasteiger partial charge in [0, 0.05) is 42.9 Å². The minimum atomic E-state index is -0.550. The fourth-order valence-corrected chi connectivity index (χ4v) is 4.49. The zero-order valence-corrected chi connectivity index (χ0v) is 23.6. The molecule has 0 atom stereocenters. The first-order valence-electron chi connectivity index (χ1n) is 13.4. The first-order valence-corrected chi connectivity index (χ1v) is 13.4. The van der Waals surface area contributed by atoms with Crippen LogP contribution in [-0.2, 0) is 11.3 Å². The number of ether oxygens (including phenoxy) is 1. The SMILES string of the molecule is CN(Cc1cccc(-c2ccc(Nc3cccc(C(=O)OC(C)(C)C)c3)cc2)c1)C(=O)c1ccc2nccnc2c1. The Morgan fingerprint density at radius 2 is 1.49 bits per heavy atom. The van der Waals surface area contributed by atoms with Crippen LogP contribution in [-0.4, -0.2) is 39.4 Å². The van der Waals surface area contributed by atoms with Crippen molar-refractivity contribution in [3.8, 4) is 11.1 Å². The molecule has 0 spiro atoms. The molecule has 0 unspecified atom stereocenters. The van der Waals surface area contributed by atoms with E-state index < -0.39 is 5.60 Å². The molecule has 206 valence electrons. The molecule has 5 rings (SSSR count). The Bertz CT molecular complexity index is 1710. The van der Waals surface area contributed by atoms with Crippen LogP contribution in [0.25, 0.3) is 22.2 Å². The fourth-order valence-electron chi connectivity index (χ4n) is 4.49. The summed E-state index contributed by atoms with van der Waals surface area (Å²) < 4.78 is 5.49. The number of fused-ring (bicyclic) bond motifs is 1. The molecular weight excluding hydrogens is 512 g/mol. The van der Waals surface area contributed by atoms with Gasteiger partial charge in [0.05, 0.1) is 16.6 Å². The second-order valence-electron chi connectivity index (χ2n) is 10.9. The second kappa shape index (κ2) is 11.6. The van der Waals surface area contributed by atoms with Crippen LogP contribution < -0.4 is 5.32 Å². The number of carbonyl (C=O) groups is 2. The largest absolute Gasteiger partial charge is 0.456 e. The van der Waals surface area contributed by atoms with Crippen molar-refractivity contribution in [3.63, 3.8) is 0 Å². The summed E-state index contributed by atoms with van der Waals surface area (Å²) in [6, 6.07) is 28.9. The van der Waals surface area contributed by atoms with Gasteiger partial charge >= 0.3 is 5.97 Å². The van der Waals surface area contributed by atoms with E-state index in [0.717, 1.165) is 33.6 Å². The maximum Gasteiger partial charge on any atom is 0.338 e. The Balaban J connectivity index is 1.25. The van der Waals surface area contributed by atoms with Crippen molar-refractivity contribution in [1.82, 2.24) is 14.9 Å². The first kappa shape index (κ1) is 27.5. The van der Waals surface area contributed by atoms with Gasteiger partial charge in [0.15, 0.2) is 0 Å². The minimum Gasteiger partial charge on any atom is -0.456 e. The van der Waals surface area contributed by atoms with Crippen LogP contribution in [0.5, 0.6) is 0 Å². The van der Waals surface area contributed by atoms with Crippen molar-refractivity contribution in [1.29, 1.82) is 0 Å². The van der Waals surface area contributed by atoms with Gasteiger partial charge in [-0.3, -0.25) is 14.8 Å². The van der Waals surface area contributed by atoms with E-state index in [9.17, 15) is 9.59 Å². The topological polar surface area (TPSA) is 84.4 Å². The van der Waals surface area contributed by atoms with Gasteiger partial charge in [-0.2, -0.15) is 0 Å². The van der Waals surface area contributed by atoms with Gasteiger partial charge in [0.1, 0.15) is 5.60 Å². The summed E-state index contributed by atoms with van der Waals surface area (Å²) in [6.07, 6.45) is 3.26. The van der Waals surface area contributed by atoms with Crippen molar-refractivity contribution >= 4 is 34.3 Å². The van der Waals surface area contributed by atoms with E-state index in [-0.39, 0.29) is 11.9 Å². The van der Waals surface area contributed by atoms with Crippen LogP contribution in [0.4, 0.5) is 11.4 Å². The quantitative estimate of drug-likeness (QED) is 0.217. The third-order valence-electron chi connectivity index (χ3n) is 6.41. The highest BCUT2D eigenvalue weighted by atomic mass is 16.6. The van der Waals surface area contributed by atoms with Gasteiger partial charge < -0.3 is 15.0 Å². The first-order chi connectivity index (χ1) is 19.6. The van der Waals surface area contributed by atoms with Gasteiger partial charge in [0.25, 0.3) is 5.91 Å². The van der Waals surface area contributed by atoms with E-state index >= 15 is 0 Å². The molecule has 0 bridgehead atoms. The average Bonchev–Trinajstić information content (AvgIpc) is 2.96. The van der Waals surface area contributed by atoms with E-state index in [1.165, 1.54) is 0 Å². The lowest BCUT2D eigenvalue weighted by molar-refractivity contribution is 0.00694. The van der Waals surface area contributed by atoms with E-state index in [4.69, 9.17) is 4.74 Å². The number of aromatic nitrogens is 2. The Kier molecular flexibility index (Phi) is 7.79. The summed E-state index contributed by atoms with van der Waals surface area (Å²) >= 11 is 0. The molecule has 7 nitrogen and oxygen atoms in total. The van der Waals surface area contributed by atoms with Crippen molar-refractivity contribution < 1.29 is 14.3 Å². The van der Waals surface area contributed by atoms with Crippen molar-refractivity contribution in [2.45, 2.75) is 32.9 Å². The average molecular weight is 545 g/mol. The summed E-state index contributed by atoms with van der Waals surface area (Å²) in [7, 11) is 1.80. The highest BCUT2D eigenvalue weighted by Gasteiger charge is 2.18. The predicted octanol–water partition coefficient (Wildman–Crippen LogP) is 7.27. The molecule has 1 amide bonds. The molecule has 0 saturated carbocycles. The number of anilines is 2. The van der Waals surface area contributed by atoms with Gasteiger partial charge in [-0.1, -0.05) is 36.4 Å². The summed E-state index contributed by atoms with van der Waals surface area (Å²) in [6.45, 7) is 6.03. The third-order valence-corrected chi connectivity index (χ3v) is 6.41. The zero-order valence-electron chi connectivity index (χ0n) is 23.6. The highest BCUT2D eigenvalue weighted by Crippen LogP contribution is 2.26. The Morgan fingerprint density at radius 3 is 2.24 bits per heavy atom. The molecule has 41 heavy (non-hydrogen) atoms. The fraction of sp³-hybridized carbons (Fsp3) is 0.176. The number of hydrogen-bond acceptors (Lipinski definition) is 6. The van der Waals surface area contributed by atoms with Gasteiger partial charge in [-0.25, -0.2) is 4.79 Å². The van der Waals surface area contributed by atoms with E-state index in [1.54, 1.807) is 48.6 Å². The number of esters is 1. The Labute approximate surface area is 239 Å². The van der Waals surface area contributed by atoms with Crippen LogP contribution in [0.2, 0.25) is 0 Å². The van der Waals surface area contributed by atoms with Crippen LogP contribution in [0, 0.1) is 0 Å². The molecule has 1 aromatic heterocycles. The summed E-state index contributed by atoms with van der Waals surface area (Å²) in [5.41, 5.74) is 6.83. The molecule has 0 radical (unpaired) electrons. The van der Waals surface area contributed by atoms with E-state index in [2.05, 4.69) is 27.4 Å². The van der Waals surface area contributed by atoms with Crippen LogP contribution >= 0.6 is 0 Å². The monoisotopic (exact) mass is 544 g/mol. The molecule has 0 aliphatic carbocycles. The molecule has 0 fully saturated rings. The van der Waals surface area contributed by atoms with E-state index in [1.807, 2.05) is 75.4 Å². The Morgan fingerprint density at radius 1 is 0.756 bits per heavy atom. The van der Waals surface area contributed by atoms with Crippen molar-refractivity contribution in [2.24, 2.45) is 0 Å². The standard InChI is InChI=1S/C34H32N4O3/c1-34(2,3)41-33(40)27-9-6-10-29(20-27)37-28-14-11-24(12-15-28)25-8-5-7-23(19-25)22-38(4)32(39)26-13-16-30-31(21-26)36-18-17-35-30/h5-21,37H,22H2,1-4H3. The third kappa shape index (κ3) is 6.94. The number of benzene rings is 4. The molecule has 5 aromatic rings. The molecule has 7 heteroatoms. The van der Waals surface area contributed by atoms with Gasteiger partial charge in [-0.15, -0.1) is 0 Å². The van der Waals surface area contributed by atoms with Crippen LogP contribution in [0.15, 0.2) is 103 Å². The van der Waals surface area contributed by atoms with Crippen LogP contribution in [0.1, 0.15) is 47.1 Å². The molecule has 4 aromatic carbocycles. The number of nitrogens with one attached hydrogen (secondary N) is 1. The summed E-state index contributed by atoms with van der Waals surface area (Å²) in [5, 5.41) is 3.36. The van der Waals surface area contributed by atoms with E-state index in [0.29, 0.717) is 23.2 Å². The van der Waals surface area contributed by atoms with Crippen molar-refractivity contribution in [3.05, 3.63) is 120 Å². The normalized spacial score (nSPS) is 11.2. The van der Waals surface area contributed by atoms with Gasteiger partial charge in [0.2, 0.25) is 0 Å². The molecule has 0 aliphatic rings. The Hall–Kier alpha value is -5.04. The summed E-state index contributed by atoms with van der Waals surface area (Å²) in [4.78, 5) is 35.8. The molecular formula is C34H32N4O3. The number of carbonyl (C=O) groups excluding carboxylic acids is 2. The predicted molar refractivity (Wildman–Crippen MR) is 162 cm³/mol. The second-order valence-corrected chi connectivity index (χ2v) is 10.9. The maximum absolute atomic E-state index is 13.1. The minimum absolute atomic E-state index is 0.0749. The number of hydrogen-bond donors (Lipinski definition) is 1. The lowest BCUT2D eigenvalue weighted by atomic mass is 10.0. The highest BCUT2D eigenvalue weighted by molar-refractivity contribution is 5.97. The smallest absolute Gasteiger partial charge is 0.338 e.